The van der Waals surface area contributed by atoms with Gasteiger partial charge in [0, 0.05) is 12.1 Å². The molecule has 0 radical (unpaired) electrons. The number of amides is 1. The molecule has 4 rings (SSSR count). The SMILES string of the molecule is O=C(Nc1ccc(OC2CCCC2)cc1)[C@@H]1Cc2ccccc2O1. The number of para-hydroxylation sites is 1. The van der Waals surface area contributed by atoms with E-state index in [1.165, 1.54) is 12.8 Å². The van der Waals surface area contributed by atoms with Crippen molar-refractivity contribution in [3.8, 4) is 11.5 Å². The van der Waals surface area contributed by atoms with Gasteiger partial charge in [0.2, 0.25) is 0 Å². The first kappa shape index (κ1) is 15.1. The second-order valence-corrected chi connectivity index (χ2v) is 6.46. The van der Waals surface area contributed by atoms with Crippen molar-refractivity contribution in [3.63, 3.8) is 0 Å². The summed E-state index contributed by atoms with van der Waals surface area (Å²) >= 11 is 0. The number of carbonyl (C=O) groups is 1. The summed E-state index contributed by atoms with van der Waals surface area (Å²) in [4.78, 5) is 12.4. The van der Waals surface area contributed by atoms with Crippen LogP contribution in [-0.2, 0) is 11.2 Å². The molecular weight excluding hydrogens is 302 g/mol. The monoisotopic (exact) mass is 323 g/mol. The Balaban J connectivity index is 1.34. The first-order chi connectivity index (χ1) is 11.8. The van der Waals surface area contributed by atoms with Gasteiger partial charge in [0.25, 0.3) is 5.91 Å². The van der Waals surface area contributed by atoms with Crippen molar-refractivity contribution in [2.45, 2.75) is 44.3 Å². The zero-order valence-electron chi connectivity index (χ0n) is 13.5. The van der Waals surface area contributed by atoms with E-state index in [0.29, 0.717) is 12.5 Å². The van der Waals surface area contributed by atoms with Gasteiger partial charge in [-0.15, -0.1) is 0 Å². The quantitative estimate of drug-likeness (QED) is 0.927. The van der Waals surface area contributed by atoms with Gasteiger partial charge in [0.05, 0.1) is 6.10 Å². The highest BCUT2D eigenvalue weighted by atomic mass is 16.5. The van der Waals surface area contributed by atoms with Crippen molar-refractivity contribution in [2.75, 3.05) is 5.32 Å². The second kappa shape index (κ2) is 6.56. The Bertz CT molecular complexity index is 695. The summed E-state index contributed by atoms with van der Waals surface area (Å²) in [7, 11) is 0. The van der Waals surface area contributed by atoms with Gasteiger partial charge in [0.1, 0.15) is 11.5 Å². The molecule has 1 amide bonds. The van der Waals surface area contributed by atoms with Gasteiger partial charge >= 0.3 is 0 Å². The molecule has 0 saturated heterocycles. The molecule has 1 aliphatic heterocycles. The fourth-order valence-electron chi connectivity index (χ4n) is 3.37. The lowest BCUT2D eigenvalue weighted by Gasteiger charge is -2.14. The third-order valence-corrected chi connectivity index (χ3v) is 4.67. The summed E-state index contributed by atoms with van der Waals surface area (Å²) in [5.74, 6) is 1.55. The first-order valence-corrected chi connectivity index (χ1v) is 8.60. The zero-order chi connectivity index (χ0) is 16.4. The molecule has 1 saturated carbocycles. The summed E-state index contributed by atoms with van der Waals surface area (Å²) in [5.41, 5.74) is 1.84. The minimum absolute atomic E-state index is 0.115. The Morgan fingerprint density at radius 1 is 1.04 bits per heavy atom. The molecule has 0 aromatic heterocycles. The molecule has 24 heavy (non-hydrogen) atoms. The van der Waals surface area contributed by atoms with E-state index in [9.17, 15) is 4.79 Å². The van der Waals surface area contributed by atoms with Crippen LogP contribution in [0, 0.1) is 0 Å². The molecule has 2 aromatic carbocycles. The van der Waals surface area contributed by atoms with Crippen LogP contribution in [0.4, 0.5) is 5.69 Å². The van der Waals surface area contributed by atoms with Crippen molar-refractivity contribution in [3.05, 3.63) is 54.1 Å². The molecule has 124 valence electrons. The van der Waals surface area contributed by atoms with Crippen LogP contribution in [0.2, 0.25) is 0 Å². The van der Waals surface area contributed by atoms with Gasteiger partial charge in [-0.05, 0) is 61.6 Å². The van der Waals surface area contributed by atoms with Gasteiger partial charge in [-0.2, -0.15) is 0 Å². The first-order valence-electron chi connectivity index (χ1n) is 8.60. The summed E-state index contributed by atoms with van der Waals surface area (Å²) in [6.07, 6.45) is 5.28. The predicted molar refractivity (Wildman–Crippen MR) is 92.5 cm³/mol. The minimum Gasteiger partial charge on any atom is -0.490 e. The van der Waals surface area contributed by atoms with Crippen LogP contribution in [0.25, 0.3) is 0 Å². The van der Waals surface area contributed by atoms with E-state index < -0.39 is 6.10 Å². The number of nitrogens with one attached hydrogen (secondary N) is 1. The smallest absolute Gasteiger partial charge is 0.265 e. The van der Waals surface area contributed by atoms with E-state index in [4.69, 9.17) is 9.47 Å². The molecule has 1 aliphatic carbocycles. The van der Waals surface area contributed by atoms with Gasteiger partial charge in [0.15, 0.2) is 6.10 Å². The number of hydrogen-bond acceptors (Lipinski definition) is 3. The van der Waals surface area contributed by atoms with Crippen molar-refractivity contribution >= 4 is 11.6 Å². The molecule has 4 nitrogen and oxygen atoms in total. The molecular formula is C20H21NO3. The third-order valence-electron chi connectivity index (χ3n) is 4.67. The Morgan fingerprint density at radius 2 is 1.79 bits per heavy atom. The fraction of sp³-hybridized carbons (Fsp3) is 0.350. The maximum Gasteiger partial charge on any atom is 0.265 e. The molecule has 0 bridgehead atoms. The van der Waals surface area contributed by atoms with Crippen LogP contribution < -0.4 is 14.8 Å². The summed E-state index contributed by atoms with van der Waals surface area (Å²) in [6, 6.07) is 15.4. The Morgan fingerprint density at radius 3 is 2.54 bits per heavy atom. The lowest BCUT2D eigenvalue weighted by Crippen LogP contribution is -2.31. The number of carbonyl (C=O) groups excluding carboxylic acids is 1. The lowest BCUT2D eigenvalue weighted by atomic mass is 10.1. The van der Waals surface area contributed by atoms with Crippen molar-refractivity contribution < 1.29 is 14.3 Å². The fourth-order valence-corrected chi connectivity index (χ4v) is 3.37. The number of anilines is 1. The number of hydrogen-bond donors (Lipinski definition) is 1. The molecule has 2 aromatic rings. The zero-order valence-corrected chi connectivity index (χ0v) is 13.5. The molecule has 1 fully saturated rings. The molecule has 1 heterocycles. The number of rotatable bonds is 4. The minimum atomic E-state index is -0.461. The van der Waals surface area contributed by atoms with E-state index >= 15 is 0 Å². The van der Waals surface area contributed by atoms with Crippen LogP contribution in [0.3, 0.4) is 0 Å². The van der Waals surface area contributed by atoms with Crippen LogP contribution in [0.5, 0.6) is 11.5 Å². The maximum atomic E-state index is 12.4. The normalized spacial score (nSPS) is 19.6. The molecule has 1 atom stereocenters. The highest BCUT2D eigenvalue weighted by Crippen LogP contribution is 2.29. The van der Waals surface area contributed by atoms with Crippen molar-refractivity contribution in [2.24, 2.45) is 0 Å². The molecule has 1 N–H and O–H groups in total. The molecule has 0 spiro atoms. The van der Waals surface area contributed by atoms with Crippen molar-refractivity contribution in [1.82, 2.24) is 0 Å². The summed E-state index contributed by atoms with van der Waals surface area (Å²) in [5, 5.41) is 2.92. The van der Waals surface area contributed by atoms with Crippen LogP contribution in [0.15, 0.2) is 48.5 Å². The Kier molecular flexibility index (Phi) is 4.11. The van der Waals surface area contributed by atoms with Gasteiger partial charge in [-0.25, -0.2) is 0 Å². The topological polar surface area (TPSA) is 47.6 Å². The van der Waals surface area contributed by atoms with Crippen LogP contribution >= 0.6 is 0 Å². The highest BCUT2D eigenvalue weighted by Gasteiger charge is 2.28. The number of benzene rings is 2. The van der Waals surface area contributed by atoms with E-state index in [0.717, 1.165) is 35.6 Å². The van der Waals surface area contributed by atoms with E-state index in [1.807, 2.05) is 48.5 Å². The maximum absolute atomic E-state index is 12.4. The summed E-state index contributed by atoms with van der Waals surface area (Å²) < 4.78 is 11.7. The predicted octanol–water partition coefficient (Wildman–Crippen LogP) is 3.95. The van der Waals surface area contributed by atoms with Gasteiger partial charge in [-0.3, -0.25) is 4.79 Å². The standard InChI is InChI=1S/C20H21NO3/c22-20(19-13-14-5-1-4-8-18(14)24-19)21-15-9-11-17(12-10-15)23-16-6-2-3-7-16/h1,4-5,8-12,16,19H,2-3,6-7,13H2,(H,21,22)/t19-/m0/s1. The lowest BCUT2D eigenvalue weighted by molar-refractivity contribution is -0.122. The Hall–Kier alpha value is -2.49. The third kappa shape index (κ3) is 3.23. The summed E-state index contributed by atoms with van der Waals surface area (Å²) in [6.45, 7) is 0. The van der Waals surface area contributed by atoms with Crippen LogP contribution in [-0.4, -0.2) is 18.1 Å². The van der Waals surface area contributed by atoms with Crippen molar-refractivity contribution in [1.29, 1.82) is 0 Å². The largest absolute Gasteiger partial charge is 0.490 e. The van der Waals surface area contributed by atoms with E-state index in [1.54, 1.807) is 0 Å². The molecule has 2 aliphatic rings. The van der Waals surface area contributed by atoms with Gasteiger partial charge < -0.3 is 14.8 Å². The average Bonchev–Trinajstić information content (AvgIpc) is 3.25. The highest BCUT2D eigenvalue weighted by molar-refractivity contribution is 5.95. The van der Waals surface area contributed by atoms with Crippen LogP contribution in [0.1, 0.15) is 31.2 Å². The van der Waals surface area contributed by atoms with Gasteiger partial charge in [-0.1, -0.05) is 18.2 Å². The Labute approximate surface area is 141 Å². The number of fused-ring (bicyclic) bond motifs is 1. The van der Waals surface area contributed by atoms with E-state index in [2.05, 4.69) is 5.32 Å². The van der Waals surface area contributed by atoms with E-state index in [-0.39, 0.29) is 5.91 Å². The molecule has 0 unspecified atom stereocenters. The average molecular weight is 323 g/mol. The molecule has 4 heteroatoms. The number of ether oxygens (including phenoxy) is 2. The second-order valence-electron chi connectivity index (χ2n) is 6.46.